The van der Waals surface area contributed by atoms with E-state index in [0.29, 0.717) is 12.0 Å². The first kappa shape index (κ1) is 24.7. The smallest absolute Gasteiger partial charge is 0.303 e. The Kier molecular flexibility index (Phi) is 5.68. The molecule has 0 saturated heterocycles. The van der Waals surface area contributed by atoms with Crippen molar-refractivity contribution in [2.45, 2.75) is 76.9 Å². The van der Waals surface area contributed by atoms with Crippen molar-refractivity contribution in [2.24, 2.45) is 22.7 Å². The van der Waals surface area contributed by atoms with Crippen LogP contribution >= 0.6 is 0 Å². The molecule has 0 aromatic carbocycles. The summed E-state index contributed by atoms with van der Waals surface area (Å²) in [7, 11) is 0. The van der Waals surface area contributed by atoms with Crippen LogP contribution in [0, 0.1) is 22.7 Å². The maximum absolute atomic E-state index is 17.2. The lowest BCUT2D eigenvalue weighted by Gasteiger charge is -2.62. The number of halogens is 1. The molecule has 0 heterocycles. The standard InChI is InChI=1S/C25H31FO8/c1-13(27)33-12-20(31)25(32)21(34-14(2)28)10-18-17-6-5-15-9-16(29)7-8-22(15,3)24(17,26)19(30)11-23(18,25)4/h7-9,17-19,21,30,32H,5-6,10-12H2,1-4H3/t17?,18?,19?,21?,22-,23-,24-,25+/m1/s1. The zero-order valence-corrected chi connectivity index (χ0v) is 19.8. The predicted molar refractivity (Wildman–Crippen MR) is 116 cm³/mol. The van der Waals surface area contributed by atoms with E-state index in [4.69, 9.17) is 9.47 Å². The van der Waals surface area contributed by atoms with E-state index in [-0.39, 0.29) is 25.0 Å². The highest BCUT2D eigenvalue weighted by molar-refractivity contribution is 6.01. The lowest BCUT2D eigenvalue weighted by atomic mass is 9.44. The van der Waals surface area contributed by atoms with E-state index in [2.05, 4.69) is 0 Å². The van der Waals surface area contributed by atoms with E-state index in [1.807, 2.05) is 0 Å². The van der Waals surface area contributed by atoms with Crippen molar-refractivity contribution in [3.8, 4) is 0 Å². The maximum Gasteiger partial charge on any atom is 0.303 e. The summed E-state index contributed by atoms with van der Waals surface area (Å²) in [5.41, 5.74) is -6.42. The Labute approximate surface area is 197 Å². The molecule has 186 valence electrons. The van der Waals surface area contributed by atoms with Crippen molar-refractivity contribution in [1.29, 1.82) is 0 Å². The van der Waals surface area contributed by atoms with Crippen LogP contribution in [0.15, 0.2) is 23.8 Å². The van der Waals surface area contributed by atoms with Crippen LogP contribution in [-0.4, -0.2) is 63.8 Å². The number of alkyl halides is 1. The van der Waals surface area contributed by atoms with Gasteiger partial charge in [-0.05, 0) is 50.7 Å². The molecule has 0 bridgehead atoms. The van der Waals surface area contributed by atoms with Gasteiger partial charge in [0.15, 0.2) is 23.7 Å². The fourth-order valence-electron chi connectivity index (χ4n) is 7.31. The van der Waals surface area contributed by atoms with Crippen LogP contribution in [-0.2, 0) is 28.7 Å². The summed E-state index contributed by atoms with van der Waals surface area (Å²) in [6.07, 6.45) is 1.82. The fraction of sp³-hybridized carbons (Fsp3) is 0.680. The van der Waals surface area contributed by atoms with Crippen LogP contribution in [0.2, 0.25) is 0 Å². The third-order valence-electron chi connectivity index (χ3n) is 8.98. The first-order valence-corrected chi connectivity index (χ1v) is 11.6. The molecule has 0 amide bonds. The van der Waals surface area contributed by atoms with Crippen molar-refractivity contribution in [3.63, 3.8) is 0 Å². The molecule has 2 N–H and O–H groups in total. The summed E-state index contributed by atoms with van der Waals surface area (Å²) in [6.45, 7) is 4.80. The topological polar surface area (TPSA) is 127 Å². The molecule has 4 aliphatic carbocycles. The van der Waals surface area contributed by atoms with Crippen LogP contribution in [0.3, 0.4) is 0 Å². The Morgan fingerprint density at radius 2 is 1.85 bits per heavy atom. The van der Waals surface area contributed by atoms with Gasteiger partial charge in [-0.25, -0.2) is 4.39 Å². The van der Waals surface area contributed by atoms with Crippen molar-refractivity contribution >= 4 is 23.5 Å². The van der Waals surface area contributed by atoms with Gasteiger partial charge >= 0.3 is 11.9 Å². The van der Waals surface area contributed by atoms with Crippen molar-refractivity contribution in [3.05, 3.63) is 23.8 Å². The molecule has 8 atom stereocenters. The molecule has 34 heavy (non-hydrogen) atoms. The number of Topliss-reactive ketones (excluding diaryl/α,β-unsaturated/α-hetero) is 1. The molecule has 8 nitrogen and oxygen atoms in total. The molecular weight excluding hydrogens is 447 g/mol. The molecule has 4 rings (SSSR count). The number of aliphatic hydroxyl groups is 2. The van der Waals surface area contributed by atoms with Gasteiger partial charge < -0.3 is 19.7 Å². The molecular formula is C25H31FO8. The molecule has 4 unspecified atom stereocenters. The number of ketones is 2. The number of carbonyl (C=O) groups excluding carboxylic acids is 4. The Balaban J connectivity index is 1.80. The summed E-state index contributed by atoms with van der Waals surface area (Å²) in [6, 6.07) is 0. The van der Waals surface area contributed by atoms with Crippen LogP contribution in [0.5, 0.6) is 0 Å². The molecule has 4 aliphatic rings. The number of carbonyl (C=O) groups is 4. The van der Waals surface area contributed by atoms with Gasteiger partial charge in [-0.3, -0.25) is 19.2 Å². The van der Waals surface area contributed by atoms with E-state index in [1.165, 1.54) is 18.2 Å². The van der Waals surface area contributed by atoms with E-state index in [0.717, 1.165) is 13.8 Å². The van der Waals surface area contributed by atoms with Crippen LogP contribution in [0.1, 0.15) is 53.4 Å². The van der Waals surface area contributed by atoms with Crippen LogP contribution < -0.4 is 0 Å². The second-order valence-corrected chi connectivity index (χ2v) is 10.6. The number of esters is 2. The second kappa shape index (κ2) is 7.81. The largest absolute Gasteiger partial charge is 0.459 e. The minimum atomic E-state index is -2.28. The van der Waals surface area contributed by atoms with E-state index >= 15 is 4.39 Å². The molecule has 3 fully saturated rings. The quantitative estimate of drug-likeness (QED) is 0.586. The van der Waals surface area contributed by atoms with Gasteiger partial charge in [-0.15, -0.1) is 0 Å². The molecule has 0 aromatic rings. The predicted octanol–water partition coefficient (Wildman–Crippen LogP) is 1.76. The number of ether oxygens (including phenoxy) is 2. The van der Waals surface area contributed by atoms with Gasteiger partial charge in [0, 0.05) is 30.6 Å². The van der Waals surface area contributed by atoms with Gasteiger partial charge in [0.1, 0.15) is 6.10 Å². The summed E-state index contributed by atoms with van der Waals surface area (Å²) in [5.74, 6) is -3.93. The first-order valence-electron chi connectivity index (χ1n) is 11.6. The number of aliphatic hydroxyl groups excluding tert-OH is 1. The third kappa shape index (κ3) is 3.09. The highest BCUT2D eigenvalue weighted by Gasteiger charge is 2.77. The number of hydrogen-bond donors (Lipinski definition) is 2. The van der Waals surface area contributed by atoms with Crippen LogP contribution in [0.25, 0.3) is 0 Å². The average Bonchev–Trinajstić information content (AvgIpc) is 2.95. The van der Waals surface area contributed by atoms with E-state index in [1.54, 1.807) is 13.8 Å². The summed E-state index contributed by atoms with van der Waals surface area (Å²) < 4.78 is 27.4. The first-order chi connectivity index (χ1) is 15.7. The van der Waals surface area contributed by atoms with Gasteiger partial charge in [-0.2, -0.15) is 0 Å². The Hall–Kier alpha value is -2.39. The summed E-state index contributed by atoms with van der Waals surface area (Å²) >= 11 is 0. The average molecular weight is 479 g/mol. The van der Waals surface area contributed by atoms with Gasteiger partial charge in [0.2, 0.25) is 5.78 Å². The SMILES string of the molecule is CC(=O)OCC(=O)[C@]1(O)C(OC(C)=O)CC2C3CCC4=CC(=O)C=C[C@@]4(C)[C@]3(F)C(O)C[C@]21C. The normalized spacial score (nSPS) is 44.9. The summed E-state index contributed by atoms with van der Waals surface area (Å²) in [4.78, 5) is 48.4. The molecule has 9 heteroatoms. The van der Waals surface area contributed by atoms with Gasteiger partial charge in [0.25, 0.3) is 0 Å². The third-order valence-corrected chi connectivity index (χ3v) is 8.98. The van der Waals surface area contributed by atoms with Gasteiger partial charge in [0.05, 0.1) is 6.10 Å². The minimum Gasteiger partial charge on any atom is -0.459 e. The van der Waals surface area contributed by atoms with E-state index in [9.17, 15) is 29.4 Å². The number of rotatable bonds is 4. The van der Waals surface area contributed by atoms with Crippen molar-refractivity contribution in [2.75, 3.05) is 6.61 Å². The number of hydrogen-bond acceptors (Lipinski definition) is 8. The monoisotopic (exact) mass is 478 g/mol. The molecule has 0 aliphatic heterocycles. The zero-order valence-electron chi connectivity index (χ0n) is 19.8. The maximum atomic E-state index is 17.2. The summed E-state index contributed by atoms with van der Waals surface area (Å²) in [5, 5.41) is 23.1. The lowest BCUT2D eigenvalue weighted by molar-refractivity contribution is -0.224. The second-order valence-electron chi connectivity index (χ2n) is 10.6. The Morgan fingerprint density at radius 3 is 2.47 bits per heavy atom. The molecule has 0 radical (unpaired) electrons. The Bertz CT molecular complexity index is 1020. The molecule has 3 saturated carbocycles. The lowest BCUT2D eigenvalue weighted by Crippen LogP contribution is -2.70. The zero-order chi connectivity index (χ0) is 25.3. The minimum absolute atomic E-state index is 0.0131. The van der Waals surface area contributed by atoms with Gasteiger partial charge in [-0.1, -0.05) is 18.6 Å². The number of allylic oxidation sites excluding steroid dienone is 4. The molecule has 0 aromatic heterocycles. The highest BCUT2D eigenvalue weighted by atomic mass is 19.1. The fourth-order valence-corrected chi connectivity index (χ4v) is 7.31. The molecule has 0 spiro atoms. The van der Waals surface area contributed by atoms with Crippen LogP contribution in [0.4, 0.5) is 4.39 Å². The number of fused-ring (bicyclic) bond motifs is 5. The van der Waals surface area contributed by atoms with E-state index < -0.39 is 70.5 Å². The van der Waals surface area contributed by atoms with Crippen molar-refractivity contribution < 1.29 is 43.3 Å². The Morgan fingerprint density at radius 1 is 1.18 bits per heavy atom. The van der Waals surface area contributed by atoms with Crippen molar-refractivity contribution in [1.82, 2.24) is 0 Å². The highest BCUT2D eigenvalue weighted by Crippen LogP contribution is 2.70.